The van der Waals surface area contributed by atoms with E-state index in [0.717, 1.165) is 11.1 Å². The fraction of sp³-hybridized carbons (Fsp3) is 0.217. The number of aryl methyl sites for hydroxylation is 1. The van der Waals surface area contributed by atoms with E-state index in [1.165, 1.54) is 14.2 Å². The van der Waals surface area contributed by atoms with Crippen LogP contribution in [0.15, 0.2) is 64.3 Å². The maximum Gasteiger partial charge on any atom is 0.355 e. The fourth-order valence-electron chi connectivity index (χ4n) is 3.37. The van der Waals surface area contributed by atoms with Crippen LogP contribution >= 0.6 is 0 Å². The van der Waals surface area contributed by atoms with Crippen LogP contribution in [0.25, 0.3) is 22.8 Å². The smallest absolute Gasteiger partial charge is 0.355 e. The third-order valence-electron chi connectivity index (χ3n) is 4.96. The molecule has 9 nitrogen and oxygen atoms in total. The predicted octanol–water partition coefficient (Wildman–Crippen LogP) is 3.11. The van der Waals surface area contributed by atoms with Gasteiger partial charge in [0.1, 0.15) is 12.4 Å². The zero-order valence-corrected chi connectivity index (χ0v) is 17.8. The highest BCUT2D eigenvalue weighted by Crippen LogP contribution is 2.29. The fourth-order valence-corrected chi connectivity index (χ4v) is 3.37. The molecule has 0 atom stereocenters. The Morgan fingerprint density at radius 1 is 1.00 bits per heavy atom. The second-order valence-corrected chi connectivity index (χ2v) is 7.06. The van der Waals surface area contributed by atoms with Gasteiger partial charge in [-0.25, -0.2) is 9.59 Å². The Labute approximate surface area is 184 Å². The topological polar surface area (TPSA) is 104 Å². The Morgan fingerprint density at radius 3 is 2.44 bits per heavy atom. The van der Waals surface area contributed by atoms with Gasteiger partial charge >= 0.3 is 11.9 Å². The first-order valence-corrected chi connectivity index (χ1v) is 9.78. The zero-order chi connectivity index (χ0) is 22.7. The highest BCUT2D eigenvalue weighted by molar-refractivity contribution is 6.03. The monoisotopic (exact) mass is 435 g/mol. The van der Waals surface area contributed by atoms with Crippen LogP contribution in [0.2, 0.25) is 0 Å². The molecule has 0 saturated carbocycles. The molecular weight excluding hydrogens is 414 g/mol. The summed E-state index contributed by atoms with van der Waals surface area (Å²) in [6, 6.07) is 14.9. The van der Waals surface area contributed by atoms with Crippen molar-refractivity contribution in [3.8, 4) is 22.8 Å². The molecule has 0 spiro atoms. The average molecular weight is 435 g/mol. The Morgan fingerprint density at radius 2 is 1.75 bits per heavy atom. The maximum absolute atomic E-state index is 12.4. The van der Waals surface area contributed by atoms with E-state index in [0.29, 0.717) is 23.0 Å². The van der Waals surface area contributed by atoms with Gasteiger partial charge in [0.25, 0.3) is 5.89 Å². The number of anilines is 1. The maximum atomic E-state index is 12.4. The highest BCUT2D eigenvalue weighted by atomic mass is 16.5. The molecule has 0 saturated heterocycles. The van der Waals surface area contributed by atoms with E-state index in [4.69, 9.17) is 18.7 Å². The lowest BCUT2D eigenvalue weighted by atomic mass is 10.1. The number of aromatic nitrogens is 2. The molecule has 0 N–H and O–H groups in total. The van der Waals surface area contributed by atoms with Crippen LogP contribution in [0.5, 0.6) is 0 Å². The van der Waals surface area contributed by atoms with Gasteiger partial charge in [-0.2, -0.15) is 4.98 Å². The number of nitrogens with zero attached hydrogens (tertiary/aromatic N) is 3. The second-order valence-electron chi connectivity index (χ2n) is 7.06. The third kappa shape index (κ3) is 4.10. The third-order valence-corrected chi connectivity index (χ3v) is 4.96. The lowest BCUT2D eigenvalue weighted by Crippen LogP contribution is -2.38. The molecule has 1 aliphatic rings. The van der Waals surface area contributed by atoms with Gasteiger partial charge < -0.3 is 23.6 Å². The van der Waals surface area contributed by atoms with Crippen molar-refractivity contribution in [2.45, 2.75) is 6.92 Å². The molecule has 0 aliphatic carbocycles. The Bertz CT molecular complexity index is 1180. The van der Waals surface area contributed by atoms with Gasteiger partial charge in [0.2, 0.25) is 5.82 Å². The van der Waals surface area contributed by atoms with Crippen LogP contribution in [0.4, 0.5) is 5.69 Å². The van der Waals surface area contributed by atoms with Crippen LogP contribution in [0.3, 0.4) is 0 Å². The number of carbonyl (C=O) groups excluding carboxylic acids is 2. The summed E-state index contributed by atoms with van der Waals surface area (Å²) in [5.41, 5.74) is 3.46. The molecule has 32 heavy (non-hydrogen) atoms. The number of esters is 2. The van der Waals surface area contributed by atoms with Crippen LogP contribution in [0, 0.1) is 6.92 Å². The van der Waals surface area contributed by atoms with Gasteiger partial charge in [-0.3, -0.25) is 0 Å². The second kappa shape index (κ2) is 9.03. The average Bonchev–Trinajstić information content (AvgIpc) is 3.33. The van der Waals surface area contributed by atoms with E-state index in [9.17, 15) is 9.59 Å². The van der Waals surface area contributed by atoms with E-state index in [1.807, 2.05) is 31.2 Å². The lowest BCUT2D eigenvalue weighted by Gasteiger charge is -2.31. The number of carbonyl (C=O) groups is 2. The van der Waals surface area contributed by atoms with E-state index in [1.54, 1.807) is 29.2 Å². The van der Waals surface area contributed by atoms with Crippen molar-refractivity contribution < 1.29 is 28.3 Å². The summed E-state index contributed by atoms with van der Waals surface area (Å²) in [6.07, 6.45) is 0. The summed E-state index contributed by atoms with van der Waals surface area (Å²) in [4.78, 5) is 30.6. The van der Waals surface area contributed by atoms with E-state index in [-0.39, 0.29) is 24.6 Å². The number of rotatable bonds is 5. The van der Waals surface area contributed by atoms with Crippen LogP contribution in [-0.4, -0.2) is 49.6 Å². The summed E-state index contributed by atoms with van der Waals surface area (Å²) in [5, 5.41) is 4.06. The van der Waals surface area contributed by atoms with Gasteiger partial charge in [-0.05, 0) is 37.3 Å². The van der Waals surface area contributed by atoms with Gasteiger partial charge in [-0.15, -0.1) is 0 Å². The predicted molar refractivity (Wildman–Crippen MR) is 114 cm³/mol. The number of hydrogen-bond donors (Lipinski definition) is 0. The van der Waals surface area contributed by atoms with Crippen LogP contribution in [0.1, 0.15) is 5.56 Å². The normalized spacial score (nSPS) is 13.8. The summed E-state index contributed by atoms with van der Waals surface area (Å²) < 4.78 is 20.6. The molecule has 2 heterocycles. The Kier molecular flexibility index (Phi) is 6.00. The van der Waals surface area contributed by atoms with Crippen molar-refractivity contribution in [3.63, 3.8) is 0 Å². The molecular formula is C23H21N3O6. The van der Waals surface area contributed by atoms with Gasteiger partial charge in [0.15, 0.2) is 0 Å². The van der Waals surface area contributed by atoms with Crippen molar-refractivity contribution in [1.29, 1.82) is 0 Å². The van der Waals surface area contributed by atoms with Crippen molar-refractivity contribution in [2.24, 2.45) is 0 Å². The first kappa shape index (κ1) is 21.3. The quantitative estimate of drug-likeness (QED) is 0.559. The minimum atomic E-state index is -0.655. The summed E-state index contributed by atoms with van der Waals surface area (Å²) >= 11 is 0. The van der Waals surface area contributed by atoms with Crippen molar-refractivity contribution in [1.82, 2.24) is 10.1 Å². The molecule has 2 aromatic carbocycles. The van der Waals surface area contributed by atoms with Gasteiger partial charge in [0.05, 0.1) is 26.4 Å². The zero-order valence-electron chi connectivity index (χ0n) is 17.8. The number of ether oxygens (including phenoxy) is 3. The molecule has 0 fully saturated rings. The molecule has 0 amide bonds. The molecule has 1 aromatic heterocycles. The Balaban J connectivity index is 1.63. The summed E-state index contributed by atoms with van der Waals surface area (Å²) in [7, 11) is 2.50. The number of methoxy groups -OCH3 is 2. The van der Waals surface area contributed by atoms with Crippen LogP contribution in [-0.2, 0) is 23.8 Å². The molecule has 1 aliphatic heterocycles. The first-order valence-electron chi connectivity index (χ1n) is 9.78. The van der Waals surface area contributed by atoms with Crippen molar-refractivity contribution in [2.75, 3.05) is 32.5 Å². The minimum absolute atomic E-state index is 0.0462. The summed E-state index contributed by atoms with van der Waals surface area (Å²) in [6.45, 7) is 2.02. The molecule has 0 radical (unpaired) electrons. The molecule has 164 valence electrons. The number of hydrogen-bond acceptors (Lipinski definition) is 9. The molecule has 4 rings (SSSR count). The van der Waals surface area contributed by atoms with Crippen LogP contribution < -0.4 is 4.90 Å². The molecule has 0 bridgehead atoms. The molecule has 0 unspecified atom stereocenters. The first-order chi connectivity index (χ1) is 15.5. The van der Waals surface area contributed by atoms with Crippen molar-refractivity contribution in [3.05, 3.63) is 65.4 Å². The van der Waals surface area contributed by atoms with Gasteiger partial charge in [-0.1, -0.05) is 28.9 Å². The lowest BCUT2D eigenvalue weighted by molar-refractivity contribution is -0.140. The van der Waals surface area contributed by atoms with E-state index >= 15 is 0 Å². The minimum Gasteiger partial charge on any atom is -0.466 e. The summed E-state index contributed by atoms with van der Waals surface area (Å²) in [5.74, 6) is -0.448. The van der Waals surface area contributed by atoms with E-state index in [2.05, 4.69) is 10.1 Å². The van der Waals surface area contributed by atoms with Crippen molar-refractivity contribution >= 4 is 17.6 Å². The standard InChI is InChI=1S/C23H21N3O6/c1-14-5-4-6-16(11-14)20-24-21(32-25-20)15-7-9-17(10-8-15)26-13-31-12-18(22(27)29-2)19(26)23(28)30-3/h4-11H,12-13H2,1-3H3. The number of benzene rings is 2. The Hall–Kier alpha value is -3.98. The largest absolute Gasteiger partial charge is 0.466 e. The van der Waals surface area contributed by atoms with Gasteiger partial charge in [0, 0.05) is 16.8 Å². The SMILES string of the molecule is COC(=O)C1=C(C(=O)OC)N(c2ccc(-c3nc(-c4cccc(C)c4)no3)cc2)COC1. The highest BCUT2D eigenvalue weighted by Gasteiger charge is 2.32. The van der Waals surface area contributed by atoms with E-state index < -0.39 is 11.9 Å². The molecule has 9 heteroatoms. The molecule has 3 aromatic rings.